The quantitative estimate of drug-likeness (QED) is 0.564. The molecule has 1 fully saturated rings. The molecular weight excluding hydrogens is 452 g/mol. The predicted molar refractivity (Wildman–Crippen MR) is 120 cm³/mol. The van der Waals surface area contributed by atoms with E-state index in [1.807, 2.05) is 18.2 Å². The SMILES string of the molecule is O=S(=O)(Nc1cccc(Oc2ccccc2)c1)c1ccc(S(=O)(=O)N2CCOCC2)cc1. The fourth-order valence-corrected chi connectivity index (χ4v) is 5.65. The summed E-state index contributed by atoms with van der Waals surface area (Å²) in [6.45, 7) is 1.21. The fraction of sp³-hybridized carbons (Fsp3) is 0.182. The first-order valence-electron chi connectivity index (χ1n) is 9.88. The van der Waals surface area contributed by atoms with Crippen LogP contribution in [-0.4, -0.2) is 47.4 Å². The summed E-state index contributed by atoms with van der Waals surface area (Å²) < 4.78 is 65.8. The van der Waals surface area contributed by atoms with Gasteiger partial charge in [-0.3, -0.25) is 4.72 Å². The highest BCUT2D eigenvalue weighted by Crippen LogP contribution is 2.26. The maximum absolute atomic E-state index is 12.8. The lowest BCUT2D eigenvalue weighted by atomic mass is 10.3. The standard InChI is InChI=1S/C22H22N2O6S2/c25-31(26,23-18-5-4-8-20(17-18)30-19-6-2-1-3-7-19)21-9-11-22(12-10-21)32(27,28)24-13-15-29-16-14-24/h1-12,17,23H,13-16H2. The van der Waals surface area contributed by atoms with Crippen molar-refractivity contribution in [1.29, 1.82) is 0 Å². The number of anilines is 1. The van der Waals surface area contributed by atoms with E-state index in [-0.39, 0.29) is 22.9 Å². The molecular formula is C22H22N2O6S2. The summed E-state index contributed by atoms with van der Waals surface area (Å²) in [5, 5.41) is 0. The minimum atomic E-state index is -3.92. The van der Waals surface area contributed by atoms with E-state index >= 15 is 0 Å². The summed E-state index contributed by atoms with van der Waals surface area (Å²) in [5.74, 6) is 1.10. The van der Waals surface area contributed by atoms with Crippen LogP contribution >= 0.6 is 0 Å². The number of rotatable bonds is 7. The number of ether oxygens (including phenoxy) is 2. The molecule has 0 atom stereocenters. The lowest BCUT2D eigenvalue weighted by Crippen LogP contribution is -2.40. The van der Waals surface area contributed by atoms with Gasteiger partial charge in [-0.1, -0.05) is 24.3 Å². The van der Waals surface area contributed by atoms with Crippen LogP contribution in [0.5, 0.6) is 11.5 Å². The molecule has 0 aliphatic carbocycles. The Morgan fingerprint density at radius 1 is 0.750 bits per heavy atom. The van der Waals surface area contributed by atoms with Gasteiger partial charge in [-0.25, -0.2) is 16.8 Å². The van der Waals surface area contributed by atoms with E-state index in [0.29, 0.717) is 30.4 Å². The highest BCUT2D eigenvalue weighted by molar-refractivity contribution is 7.92. The van der Waals surface area contributed by atoms with E-state index in [0.717, 1.165) is 0 Å². The van der Waals surface area contributed by atoms with Gasteiger partial charge in [0.25, 0.3) is 10.0 Å². The van der Waals surface area contributed by atoms with Gasteiger partial charge in [0.15, 0.2) is 0 Å². The van der Waals surface area contributed by atoms with Crippen molar-refractivity contribution in [3.05, 3.63) is 78.9 Å². The van der Waals surface area contributed by atoms with Crippen molar-refractivity contribution in [1.82, 2.24) is 4.31 Å². The van der Waals surface area contributed by atoms with E-state index in [2.05, 4.69) is 4.72 Å². The van der Waals surface area contributed by atoms with Crippen LogP contribution in [0.4, 0.5) is 5.69 Å². The molecule has 168 valence electrons. The van der Waals surface area contributed by atoms with Crippen molar-refractivity contribution in [3.8, 4) is 11.5 Å². The molecule has 10 heteroatoms. The number of benzene rings is 3. The fourth-order valence-electron chi connectivity index (χ4n) is 3.19. The predicted octanol–water partition coefficient (Wildman–Crippen LogP) is 3.30. The topological polar surface area (TPSA) is 102 Å². The second-order valence-corrected chi connectivity index (χ2v) is 10.7. The Kier molecular flexibility index (Phi) is 6.47. The normalized spacial score (nSPS) is 15.2. The molecule has 8 nitrogen and oxygen atoms in total. The van der Waals surface area contributed by atoms with Gasteiger partial charge in [-0.15, -0.1) is 0 Å². The Hall–Kier alpha value is -2.92. The van der Waals surface area contributed by atoms with Gasteiger partial charge in [0.2, 0.25) is 10.0 Å². The lowest BCUT2D eigenvalue weighted by Gasteiger charge is -2.26. The summed E-state index contributed by atoms with van der Waals surface area (Å²) in [7, 11) is -7.62. The Morgan fingerprint density at radius 2 is 1.38 bits per heavy atom. The van der Waals surface area contributed by atoms with Crippen LogP contribution < -0.4 is 9.46 Å². The number of para-hydroxylation sites is 1. The molecule has 0 aromatic heterocycles. The zero-order valence-electron chi connectivity index (χ0n) is 17.0. The molecule has 0 unspecified atom stereocenters. The monoisotopic (exact) mass is 474 g/mol. The van der Waals surface area contributed by atoms with E-state index in [4.69, 9.17) is 9.47 Å². The van der Waals surface area contributed by atoms with Crippen LogP contribution in [0.1, 0.15) is 0 Å². The van der Waals surface area contributed by atoms with Crippen molar-refractivity contribution >= 4 is 25.7 Å². The van der Waals surface area contributed by atoms with E-state index in [1.54, 1.807) is 36.4 Å². The van der Waals surface area contributed by atoms with Crippen molar-refractivity contribution in [3.63, 3.8) is 0 Å². The van der Waals surface area contributed by atoms with E-state index in [1.165, 1.54) is 28.6 Å². The van der Waals surface area contributed by atoms with Crippen molar-refractivity contribution in [2.45, 2.75) is 9.79 Å². The molecule has 3 aromatic rings. The maximum Gasteiger partial charge on any atom is 0.261 e. The van der Waals surface area contributed by atoms with Crippen molar-refractivity contribution in [2.75, 3.05) is 31.0 Å². The third kappa shape index (κ3) is 5.10. The molecule has 1 N–H and O–H groups in total. The van der Waals surface area contributed by atoms with Gasteiger partial charge in [-0.2, -0.15) is 4.31 Å². The molecule has 0 radical (unpaired) electrons. The summed E-state index contributed by atoms with van der Waals surface area (Å²) in [6.07, 6.45) is 0. The minimum Gasteiger partial charge on any atom is -0.457 e. The third-order valence-electron chi connectivity index (χ3n) is 4.81. The molecule has 0 bridgehead atoms. The van der Waals surface area contributed by atoms with Crippen LogP contribution in [0.25, 0.3) is 0 Å². The largest absolute Gasteiger partial charge is 0.457 e. The minimum absolute atomic E-state index is 0.0385. The second kappa shape index (κ2) is 9.29. The van der Waals surface area contributed by atoms with Crippen LogP contribution in [0.15, 0.2) is 88.7 Å². The first-order valence-corrected chi connectivity index (χ1v) is 12.8. The van der Waals surface area contributed by atoms with Gasteiger partial charge in [0.05, 0.1) is 28.7 Å². The van der Waals surface area contributed by atoms with Crippen molar-refractivity contribution in [2.24, 2.45) is 0 Å². The smallest absolute Gasteiger partial charge is 0.261 e. The molecule has 0 spiro atoms. The Labute approximate surface area is 187 Å². The Balaban J connectivity index is 1.50. The second-order valence-electron chi connectivity index (χ2n) is 7.04. The Morgan fingerprint density at radius 3 is 2.06 bits per heavy atom. The van der Waals surface area contributed by atoms with Crippen LogP contribution in [0, 0.1) is 0 Å². The summed E-state index contributed by atoms with van der Waals surface area (Å²) >= 11 is 0. The molecule has 1 heterocycles. The summed E-state index contributed by atoms with van der Waals surface area (Å²) in [4.78, 5) is -0.00980. The van der Waals surface area contributed by atoms with Gasteiger partial charge >= 0.3 is 0 Å². The highest BCUT2D eigenvalue weighted by Gasteiger charge is 2.26. The number of morpholine rings is 1. The molecule has 0 saturated carbocycles. The molecule has 1 aliphatic rings. The third-order valence-corrected chi connectivity index (χ3v) is 8.12. The number of nitrogens with zero attached hydrogens (tertiary/aromatic N) is 1. The summed E-state index contributed by atoms with van der Waals surface area (Å²) in [5.41, 5.74) is 0.323. The molecule has 3 aromatic carbocycles. The number of sulfonamides is 2. The Bertz CT molecular complexity index is 1270. The van der Waals surface area contributed by atoms with Gasteiger partial charge in [-0.05, 0) is 48.5 Å². The summed E-state index contributed by atoms with van der Waals surface area (Å²) in [6, 6.07) is 20.9. The number of hydrogen-bond donors (Lipinski definition) is 1. The lowest BCUT2D eigenvalue weighted by molar-refractivity contribution is 0.0730. The van der Waals surface area contributed by atoms with Crippen LogP contribution in [-0.2, 0) is 24.8 Å². The molecule has 0 amide bonds. The molecule has 1 aliphatic heterocycles. The molecule has 1 saturated heterocycles. The first kappa shape index (κ1) is 22.3. The van der Waals surface area contributed by atoms with Crippen LogP contribution in [0.2, 0.25) is 0 Å². The molecule has 32 heavy (non-hydrogen) atoms. The maximum atomic E-state index is 12.8. The highest BCUT2D eigenvalue weighted by atomic mass is 32.2. The van der Waals surface area contributed by atoms with E-state index in [9.17, 15) is 16.8 Å². The number of hydrogen-bond acceptors (Lipinski definition) is 6. The first-order chi connectivity index (χ1) is 15.3. The van der Waals surface area contributed by atoms with Gasteiger partial charge in [0.1, 0.15) is 11.5 Å². The average molecular weight is 475 g/mol. The van der Waals surface area contributed by atoms with Gasteiger partial charge < -0.3 is 9.47 Å². The zero-order chi connectivity index (χ0) is 22.6. The number of nitrogens with one attached hydrogen (secondary N) is 1. The molecule has 4 rings (SSSR count). The van der Waals surface area contributed by atoms with E-state index < -0.39 is 20.0 Å². The zero-order valence-corrected chi connectivity index (χ0v) is 18.7. The van der Waals surface area contributed by atoms with Crippen LogP contribution in [0.3, 0.4) is 0 Å². The van der Waals surface area contributed by atoms with Gasteiger partial charge in [0, 0.05) is 19.2 Å². The average Bonchev–Trinajstić information content (AvgIpc) is 2.80. The van der Waals surface area contributed by atoms with Crippen molar-refractivity contribution < 1.29 is 26.3 Å².